The second-order valence-corrected chi connectivity index (χ2v) is 12.6. The molecule has 2 heteroatoms. The zero-order valence-electron chi connectivity index (χ0n) is 11.6. The smallest absolute Gasteiger partial charge is 0.0821 e. The summed E-state index contributed by atoms with van der Waals surface area (Å²) in [7, 11) is -1.05. The van der Waals surface area contributed by atoms with E-state index in [1.54, 1.807) is 5.57 Å². The molecule has 3 rings (SSSR count). The summed E-state index contributed by atoms with van der Waals surface area (Å²) >= 11 is 0. The van der Waals surface area contributed by atoms with Gasteiger partial charge < -0.3 is 4.74 Å². The van der Waals surface area contributed by atoms with Gasteiger partial charge in [0.1, 0.15) is 0 Å². The van der Waals surface area contributed by atoms with E-state index in [2.05, 4.69) is 25.3 Å². The maximum atomic E-state index is 6.50. The molecule has 3 aliphatic rings. The summed E-state index contributed by atoms with van der Waals surface area (Å²) in [5.74, 6) is 0.871. The van der Waals surface area contributed by atoms with E-state index >= 15 is 0 Å². The van der Waals surface area contributed by atoms with Crippen molar-refractivity contribution in [3.05, 3.63) is 11.3 Å². The van der Waals surface area contributed by atoms with Crippen LogP contribution in [0.4, 0.5) is 0 Å². The van der Waals surface area contributed by atoms with Gasteiger partial charge in [-0.15, -0.1) is 0 Å². The minimum Gasteiger partial charge on any atom is -0.367 e. The van der Waals surface area contributed by atoms with Gasteiger partial charge in [-0.25, -0.2) is 0 Å². The van der Waals surface area contributed by atoms with Crippen molar-refractivity contribution in [2.24, 2.45) is 5.92 Å². The third kappa shape index (κ3) is 2.26. The molecule has 1 spiro atoms. The van der Waals surface area contributed by atoms with Gasteiger partial charge >= 0.3 is 0 Å². The van der Waals surface area contributed by atoms with Crippen LogP contribution in [0.2, 0.25) is 19.6 Å². The lowest BCUT2D eigenvalue weighted by Gasteiger charge is -2.35. The zero-order valence-corrected chi connectivity index (χ0v) is 12.6. The van der Waals surface area contributed by atoms with Crippen LogP contribution in [0.1, 0.15) is 44.9 Å². The monoisotopic (exact) mass is 250 g/mol. The van der Waals surface area contributed by atoms with Gasteiger partial charge in [0.25, 0.3) is 0 Å². The summed E-state index contributed by atoms with van der Waals surface area (Å²) < 4.78 is 6.50. The third-order valence-corrected chi connectivity index (χ3v) is 5.92. The fourth-order valence-corrected chi connectivity index (χ4v) is 5.42. The molecule has 1 heterocycles. The fourth-order valence-electron chi connectivity index (χ4n) is 4.03. The van der Waals surface area contributed by atoms with Crippen molar-refractivity contribution in [3.63, 3.8) is 0 Å². The van der Waals surface area contributed by atoms with Crippen LogP contribution in [0, 0.1) is 5.92 Å². The Bertz CT molecular complexity index is 333. The Morgan fingerprint density at radius 2 is 1.88 bits per heavy atom. The lowest BCUT2D eigenvalue weighted by Crippen LogP contribution is -2.35. The zero-order chi connectivity index (χ0) is 12.1. The second kappa shape index (κ2) is 3.96. The Morgan fingerprint density at radius 1 is 1.18 bits per heavy atom. The number of fused-ring (bicyclic) bond motifs is 1. The topological polar surface area (TPSA) is 9.23 Å². The van der Waals surface area contributed by atoms with Crippen molar-refractivity contribution >= 4 is 8.07 Å². The van der Waals surface area contributed by atoms with Crippen LogP contribution in [0.3, 0.4) is 0 Å². The van der Waals surface area contributed by atoms with Crippen molar-refractivity contribution in [3.8, 4) is 0 Å². The highest BCUT2D eigenvalue weighted by atomic mass is 28.3. The van der Waals surface area contributed by atoms with Gasteiger partial charge in [-0.05, 0) is 37.2 Å². The van der Waals surface area contributed by atoms with Gasteiger partial charge in [0, 0.05) is 0 Å². The first-order valence-electron chi connectivity index (χ1n) is 7.37. The van der Waals surface area contributed by atoms with E-state index in [0.29, 0.717) is 11.7 Å². The molecule has 0 aromatic carbocycles. The third-order valence-electron chi connectivity index (χ3n) is 4.69. The van der Waals surface area contributed by atoms with E-state index in [0.717, 1.165) is 5.92 Å². The fraction of sp³-hybridized carbons (Fsp3) is 0.867. The van der Waals surface area contributed by atoms with Crippen molar-refractivity contribution in [2.75, 3.05) is 0 Å². The standard InChI is InChI=1S/C15H26OSi/c1-17(2,3)11-13-9-12-10-15(16-14(12)13)7-5-4-6-8-15/h11-12,14H,4-10H2,1-3H3/b13-11-/t12-,14-/m0/s1. The molecule has 0 bridgehead atoms. The molecule has 17 heavy (non-hydrogen) atoms. The van der Waals surface area contributed by atoms with Gasteiger partial charge in [-0.1, -0.05) is 44.6 Å². The quantitative estimate of drug-likeness (QED) is 0.630. The van der Waals surface area contributed by atoms with E-state index in [1.165, 1.54) is 44.9 Å². The van der Waals surface area contributed by atoms with Crippen molar-refractivity contribution in [1.29, 1.82) is 0 Å². The molecule has 2 aliphatic carbocycles. The molecular formula is C15H26OSi. The van der Waals surface area contributed by atoms with Crippen LogP contribution in [0.25, 0.3) is 0 Å². The lowest BCUT2D eigenvalue weighted by atomic mass is 9.73. The summed E-state index contributed by atoms with van der Waals surface area (Å²) in [6.07, 6.45) is 10.1. The Morgan fingerprint density at radius 3 is 2.53 bits per heavy atom. The number of hydrogen-bond acceptors (Lipinski definition) is 1. The summed E-state index contributed by atoms with van der Waals surface area (Å²) in [6, 6.07) is 0. The highest BCUT2D eigenvalue weighted by Gasteiger charge is 2.52. The molecule has 0 radical (unpaired) electrons. The Hall–Kier alpha value is -0.0831. The average molecular weight is 250 g/mol. The summed E-state index contributed by atoms with van der Waals surface area (Å²) in [4.78, 5) is 0. The molecule has 1 nitrogen and oxygen atoms in total. The van der Waals surface area contributed by atoms with Crippen LogP contribution >= 0.6 is 0 Å². The van der Waals surface area contributed by atoms with E-state index in [-0.39, 0.29) is 0 Å². The molecule has 0 aromatic rings. The number of rotatable bonds is 1. The van der Waals surface area contributed by atoms with Crippen LogP contribution in [-0.4, -0.2) is 19.8 Å². The second-order valence-electron chi connectivity index (χ2n) is 7.54. The molecule has 96 valence electrons. The largest absolute Gasteiger partial charge is 0.367 e. The maximum absolute atomic E-state index is 6.50. The normalized spacial score (nSPS) is 38.2. The molecule has 3 fully saturated rings. The Kier molecular flexibility index (Phi) is 2.79. The van der Waals surface area contributed by atoms with Gasteiger partial charge in [-0.3, -0.25) is 0 Å². The van der Waals surface area contributed by atoms with Crippen molar-refractivity contribution < 1.29 is 4.74 Å². The molecule has 1 saturated heterocycles. The van der Waals surface area contributed by atoms with Gasteiger partial charge in [0.2, 0.25) is 0 Å². The van der Waals surface area contributed by atoms with E-state index in [9.17, 15) is 0 Å². The molecule has 2 atom stereocenters. The van der Waals surface area contributed by atoms with E-state index in [4.69, 9.17) is 4.74 Å². The lowest BCUT2D eigenvalue weighted by molar-refractivity contribution is -0.0616. The van der Waals surface area contributed by atoms with Crippen molar-refractivity contribution in [1.82, 2.24) is 0 Å². The van der Waals surface area contributed by atoms with Crippen molar-refractivity contribution in [2.45, 2.75) is 76.3 Å². The minimum atomic E-state index is -1.05. The summed E-state index contributed by atoms with van der Waals surface area (Å²) in [5.41, 5.74) is 4.55. The highest BCUT2D eigenvalue weighted by molar-refractivity contribution is 6.81. The first-order valence-corrected chi connectivity index (χ1v) is 10.9. The van der Waals surface area contributed by atoms with E-state index < -0.39 is 8.07 Å². The number of ether oxygens (including phenoxy) is 1. The Balaban J connectivity index is 1.70. The Labute approximate surface area is 107 Å². The van der Waals surface area contributed by atoms with Gasteiger partial charge in [-0.2, -0.15) is 0 Å². The van der Waals surface area contributed by atoms with Gasteiger partial charge in [0.15, 0.2) is 0 Å². The predicted molar refractivity (Wildman–Crippen MR) is 74.8 cm³/mol. The van der Waals surface area contributed by atoms with Crippen LogP contribution in [-0.2, 0) is 4.74 Å². The van der Waals surface area contributed by atoms with E-state index in [1.807, 2.05) is 0 Å². The molecule has 0 unspecified atom stereocenters. The predicted octanol–water partition coefficient (Wildman–Crippen LogP) is 4.30. The van der Waals surface area contributed by atoms with Gasteiger partial charge in [0.05, 0.1) is 19.8 Å². The molecule has 0 amide bonds. The molecule has 1 aliphatic heterocycles. The molecule has 2 saturated carbocycles. The molecule has 0 N–H and O–H groups in total. The average Bonchev–Trinajstić information content (AvgIpc) is 2.50. The summed E-state index contributed by atoms with van der Waals surface area (Å²) in [6.45, 7) is 7.29. The SMILES string of the molecule is C[Si](C)(C)/C=C1/C[C@H]2CC3(CCCCC3)O[C@H]12. The van der Waals surface area contributed by atoms with Crippen LogP contribution < -0.4 is 0 Å². The molecular weight excluding hydrogens is 224 g/mol. The molecule has 0 aromatic heterocycles. The van der Waals surface area contributed by atoms with Crippen LogP contribution in [0.15, 0.2) is 11.3 Å². The first-order chi connectivity index (χ1) is 7.98. The minimum absolute atomic E-state index is 0.308. The maximum Gasteiger partial charge on any atom is 0.0821 e. The van der Waals surface area contributed by atoms with Crippen LogP contribution in [0.5, 0.6) is 0 Å². The summed E-state index contributed by atoms with van der Waals surface area (Å²) in [5, 5.41) is 0. The highest BCUT2D eigenvalue weighted by Crippen LogP contribution is 2.54. The number of hydrogen-bond donors (Lipinski definition) is 0. The first kappa shape index (κ1) is 12.0.